The number of carbonyl (C=O) groups is 1. The maximum Gasteiger partial charge on any atom is 0.305 e. The molecule has 0 fully saturated rings. The second-order valence-corrected chi connectivity index (χ2v) is 9.81. The van der Waals surface area contributed by atoms with Gasteiger partial charge >= 0.3 is 5.97 Å². The second-order valence-electron chi connectivity index (χ2n) is 6.10. The molecule has 2 aromatic carbocycles. The van der Waals surface area contributed by atoms with Crippen molar-refractivity contribution in [2.45, 2.75) is 43.7 Å². The van der Waals surface area contributed by atoms with Gasteiger partial charge in [0.05, 0.1) is 26.1 Å². The Morgan fingerprint density at radius 2 is 1.36 bits per heavy atom. The van der Waals surface area contributed by atoms with E-state index in [2.05, 4.69) is 60.7 Å². The predicted octanol–water partition coefficient (Wildman–Crippen LogP) is 3.31. The smallest absolute Gasteiger partial charge is 0.305 e. The fourth-order valence-corrected chi connectivity index (χ4v) is 6.29. The molecular formula is C21H26O2Si2. The summed E-state index contributed by atoms with van der Waals surface area (Å²) >= 11 is 0. The molecule has 0 aliphatic heterocycles. The molecular weight excluding hydrogens is 340 g/mol. The molecule has 0 aromatic heterocycles. The van der Waals surface area contributed by atoms with Gasteiger partial charge in [0.15, 0.2) is 0 Å². The van der Waals surface area contributed by atoms with Crippen LogP contribution in [0.15, 0.2) is 60.7 Å². The Bertz CT molecular complexity index is 560. The topological polar surface area (TPSA) is 26.3 Å². The van der Waals surface area contributed by atoms with Crippen molar-refractivity contribution >= 4 is 35.4 Å². The molecule has 0 unspecified atom stereocenters. The fraction of sp³-hybridized carbons (Fsp3) is 0.381. The normalized spacial score (nSPS) is 10.8. The molecule has 130 valence electrons. The van der Waals surface area contributed by atoms with Gasteiger partial charge in [0.2, 0.25) is 0 Å². The molecule has 2 rings (SSSR count). The van der Waals surface area contributed by atoms with Crippen LogP contribution in [0.5, 0.6) is 0 Å². The maximum atomic E-state index is 11.1. The van der Waals surface area contributed by atoms with Gasteiger partial charge in [-0.15, -0.1) is 0 Å². The summed E-state index contributed by atoms with van der Waals surface area (Å²) in [6.45, 7) is 0. The van der Waals surface area contributed by atoms with Crippen molar-refractivity contribution in [1.82, 2.24) is 0 Å². The Balaban J connectivity index is 1.79. The number of rotatable bonds is 11. The SMILES string of the molecule is COC(=O)CCCCCCC([Si]c1ccccc1)[Si]c1ccccc1. The molecule has 0 aliphatic carbocycles. The highest BCUT2D eigenvalue weighted by Gasteiger charge is 2.13. The average molecular weight is 367 g/mol. The van der Waals surface area contributed by atoms with Gasteiger partial charge in [0.25, 0.3) is 0 Å². The van der Waals surface area contributed by atoms with E-state index in [4.69, 9.17) is 4.74 Å². The first-order chi connectivity index (χ1) is 12.3. The number of esters is 1. The Labute approximate surface area is 156 Å². The molecule has 25 heavy (non-hydrogen) atoms. The summed E-state index contributed by atoms with van der Waals surface area (Å²) in [6.07, 6.45) is 6.32. The van der Waals surface area contributed by atoms with Crippen molar-refractivity contribution in [3.63, 3.8) is 0 Å². The van der Waals surface area contributed by atoms with Gasteiger partial charge < -0.3 is 4.74 Å². The van der Waals surface area contributed by atoms with Crippen LogP contribution in [-0.4, -0.2) is 32.1 Å². The summed E-state index contributed by atoms with van der Waals surface area (Å²) in [5.74, 6) is -0.0889. The summed E-state index contributed by atoms with van der Waals surface area (Å²) in [5, 5.41) is 3.65. The van der Waals surface area contributed by atoms with Gasteiger partial charge in [-0.2, -0.15) is 0 Å². The Morgan fingerprint density at radius 3 is 1.88 bits per heavy atom. The molecule has 0 aliphatic rings. The van der Waals surface area contributed by atoms with Crippen molar-refractivity contribution in [3.05, 3.63) is 60.7 Å². The summed E-state index contributed by atoms with van der Waals surface area (Å²) in [5.41, 5.74) is 0. The second kappa shape index (κ2) is 11.8. The quantitative estimate of drug-likeness (QED) is 0.346. The van der Waals surface area contributed by atoms with Gasteiger partial charge in [-0.25, -0.2) is 0 Å². The number of hydrogen-bond donors (Lipinski definition) is 0. The lowest BCUT2D eigenvalue weighted by Crippen LogP contribution is -2.29. The van der Waals surface area contributed by atoms with Gasteiger partial charge in [0.1, 0.15) is 0 Å². The minimum Gasteiger partial charge on any atom is -0.469 e. The standard InChI is InChI=1S/C21H26O2Si2/c1-23-20(22)16-10-2-3-11-17-21(24-18-12-6-4-7-13-18)25-19-14-8-5-9-15-19/h4-9,12-15,21H,2-3,10-11,16-17H2,1H3. The lowest BCUT2D eigenvalue weighted by molar-refractivity contribution is -0.140. The zero-order chi connectivity index (χ0) is 17.7. The number of methoxy groups -OCH3 is 1. The highest BCUT2D eigenvalue weighted by atomic mass is 28.3. The Morgan fingerprint density at radius 1 is 0.840 bits per heavy atom. The van der Waals surface area contributed by atoms with Crippen molar-refractivity contribution in [2.75, 3.05) is 7.11 Å². The predicted molar refractivity (Wildman–Crippen MR) is 107 cm³/mol. The molecule has 2 nitrogen and oxygen atoms in total. The van der Waals surface area contributed by atoms with Crippen molar-refractivity contribution in [1.29, 1.82) is 0 Å². The molecule has 4 radical (unpaired) electrons. The van der Waals surface area contributed by atoms with Crippen LogP contribution in [0.25, 0.3) is 0 Å². The Hall–Kier alpha value is -1.66. The first-order valence-electron chi connectivity index (χ1n) is 8.98. The van der Waals surface area contributed by atoms with E-state index < -0.39 is 0 Å². The lowest BCUT2D eigenvalue weighted by Gasteiger charge is -2.15. The molecule has 0 saturated heterocycles. The average Bonchev–Trinajstić information content (AvgIpc) is 2.65. The van der Waals surface area contributed by atoms with Crippen LogP contribution < -0.4 is 10.4 Å². The largest absolute Gasteiger partial charge is 0.469 e. The number of unbranched alkanes of at least 4 members (excludes halogenated alkanes) is 3. The van der Waals surface area contributed by atoms with E-state index in [1.807, 2.05) is 0 Å². The van der Waals surface area contributed by atoms with Crippen LogP contribution in [0.1, 0.15) is 38.5 Å². The first kappa shape index (κ1) is 19.7. The van der Waals surface area contributed by atoms with Crippen molar-refractivity contribution < 1.29 is 9.53 Å². The van der Waals surface area contributed by atoms with E-state index >= 15 is 0 Å². The minimum absolute atomic E-state index is 0.0889. The van der Waals surface area contributed by atoms with Gasteiger partial charge in [-0.3, -0.25) is 4.79 Å². The van der Waals surface area contributed by atoms with Crippen LogP contribution in [-0.2, 0) is 9.53 Å². The first-order valence-corrected chi connectivity index (χ1v) is 11.1. The van der Waals surface area contributed by atoms with Crippen LogP contribution in [0, 0.1) is 0 Å². The molecule has 0 heterocycles. The minimum atomic E-state index is -0.0889. The third kappa shape index (κ3) is 8.32. The zero-order valence-electron chi connectivity index (χ0n) is 14.9. The fourth-order valence-electron chi connectivity index (χ4n) is 2.72. The van der Waals surface area contributed by atoms with Gasteiger partial charge in [-0.1, -0.05) is 96.7 Å². The third-order valence-corrected chi connectivity index (χ3v) is 7.55. The van der Waals surface area contributed by atoms with Crippen molar-refractivity contribution in [2.24, 2.45) is 0 Å². The molecule has 0 saturated carbocycles. The summed E-state index contributed by atoms with van der Waals surface area (Å²) < 4.78 is 4.69. The van der Waals surface area contributed by atoms with Crippen LogP contribution >= 0.6 is 0 Å². The van der Waals surface area contributed by atoms with Gasteiger partial charge in [-0.05, 0) is 11.6 Å². The highest BCUT2D eigenvalue weighted by Crippen LogP contribution is 2.15. The van der Waals surface area contributed by atoms with E-state index in [1.54, 1.807) is 0 Å². The van der Waals surface area contributed by atoms with E-state index in [-0.39, 0.29) is 5.97 Å². The van der Waals surface area contributed by atoms with E-state index in [0.29, 0.717) is 6.42 Å². The van der Waals surface area contributed by atoms with Crippen molar-refractivity contribution in [3.8, 4) is 0 Å². The number of ether oxygens (including phenoxy) is 1. The summed E-state index contributed by atoms with van der Waals surface area (Å²) in [4.78, 5) is 11.1. The van der Waals surface area contributed by atoms with Crippen LogP contribution in [0.2, 0.25) is 5.16 Å². The lowest BCUT2D eigenvalue weighted by atomic mass is 10.1. The van der Waals surface area contributed by atoms with E-state index in [9.17, 15) is 4.79 Å². The molecule has 0 spiro atoms. The number of carbonyl (C=O) groups excluding carboxylic acids is 1. The summed E-state index contributed by atoms with van der Waals surface area (Å²) in [7, 11) is 3.20. The van der Waals surface area contributed by atoms with E-state index in [0.717, 1.165) is 37.0 Å². The summed E-state index contributed by atoms with van der Waals surface area (Å²) in [6, 6.07) is 21.7. The highest BCUT2D eigenvalue weighted by molar-refractivity contribution is 6.73. The molecule has 2 aromatic rings. The maximum absolute atomic E-state index is 11.1. The third-order valence-electron chi connectivity index (χ3n) is 4.08. The molecule has 0 bridgehead atoms. The monoisotopic (exact) mass is 366 g/mol. The molecule has 0 amide bonds. The zero-order valence-corrected chi connectivity index (χ0v) is 16.9. The number of hydrogen-bond acceptors (Lipinski definition) is 2. The molecule has 0 N–H and O–H groups in total. The Kier molecular flexibility index (Phi) is 9.30. The number of benzene rings is 2. The van der Waals surface area contributed by atoms with Gasteiger partial charge in [0, 0.05) is 6.42 Å². The van der Waals surface area contributed by atoms with E-state index in [1.165, 1.54) is 36.7 Å². The van der Waals surface area contributed by atoms with Crippen LogP contribution in [0.4, 0.5) is 0 Å². The molecule has 0 atom stereocenters. The molecule has 4 heteroatoms. The van der Waals surface area contributed by atoms with Crippen LogP contribution in [0.3, 0.4) is 0 Å².